The molecule has 0 bridgehead atoms. The minimum Gasteiger partial charge on any atom is -0.223 e. The van der Waals surface area contributed by atoms with Crippen molar-refractivity contribution in [1.29, 1.82) is 0 Å². The third-order valence-electron chi connectivity index (χ3n) is 10.6. The van der Waals surface area contributed by atoms with E-state index in [-0.39, 0.29) is 0 Å². The summed E-state index contributed by atoms with van der Waals surface area (Å²) in [5, 5.41) is 7.69. The molecule has 53 heavy (non-hydrogen) atoms. The summed E-state index contributed by atoms with van der Waals surface area (Å²) in [6.07, 6.45) is 7.20. The molecule has 0 aliphatic rings. The Labute approximate surface area is 314 Å². The van der Waals surface area contributed by atoms with Gasteiger partial charge in [0.25, 0.3) is 0 Å². The molecule has 0 spiro atoms. The van der Waals surface area contributed by atoms with Crippen LogP contribution in [0.5, 0.6) is 0 Å². The van der Waals surface area contributed by atoms with Crippen LogP contribution in [0.15, 0.2) is 187 Å². The maximum Gasteiger partial charge on any atom is -0.00195 e. The predicted octanol–water partition coefficient (Wildman–Crippen LogP) is 14.8. The Morgan fingerprint density at radius 1 is 0.321 bits per heavy atom. The van der Waals surface area contributed by atoms with Crippen LogP contribution in [-0.2, 0) is 0 Å². The molecule has 0 aliphatic carbocycles. The Kier molecular flexibility index (Phi) is 8.25. The second-order valence-corrected chi connectivity index (χ2v) is 19.1. The lowest BCUT2D eigenvalue weighted by atomic mass is 9.83. The van der Waals surface area contributed by atoms with Gasteiger partial charge in [-0.2, -0.15) is 0 Å². The lowest BCUT2D eigenvalue weighted by Gasteiger charge is -2.27. The first-order chi connectivity index (χ1) is 25.8. The van der Waals surface area contributed by atoms with Crippen molar-refractivity contribution in [2.75, 3.05) is 18.8 Å². The molecule has 0 amide bonds. The van der Waals surface area contributed by atoms with Crippen molar-refractivity contribution in [3.63, 3.8) is 0 Å². The largest absolute Gasteiger partial charge is 0.223 e. The van der Waals surface area contributed by atoms with Crippen LogP contribution in [-0.4, -0.2) is 18.8 Å². The van der Waals surface area contributed by atoms with E-state index >= 15 is 0 Å². The number of rotatable bonds is 6. The molecule has 0 atom stereocenters. The summed E-state index contributed by atoms with van der Waals surface area (Å²) < 4.78 is 0. The molecule has 0 N–H and O–H groups in total. The van der Waals surface area contributed by atoms with E-state index in [1.54, 1.807) is 0 Å². The van der Waals surface area contributed by atoms with Crippen LogP contribution >= 0.6 is 10.0 Å². The van der Waals surface area contributed by atoms with E-state index in [0.717, 1.165) is 0 Å². The second kappa shape index (κ2) is 13.3. The van der Waals surface area contributed by atoms with Gasteiger partial charge in [0.2, 0.25) is 0 Å². The van der Waals surface area contributed by atoms with Crippen molar-refractivity contribution in [3.05, 3.63) is 188 Å². The lowest BCUT2D eigenvalue weighted by Crippen LogP contribution is -1.97. The topological polar surface area (TPSA) is 0 Å². The van der Waals surface area contributed by atoms with Crippen LogP contribution in [0, 0.1) is 6.92 Å². The zero-order chi connectivity index (χ0) is 36.1. The highest BCUT2D eigenvalue weighted by atomic mass is 32.3. The maximum atomic E-state index is 2.51. The van der Waals surface area contributed by atoms with Gasteiger partial charge < -0.3 is 0 Å². The molecule has 0 saturated heterocycles. The smallest absolute Gasteiger partial charge is 0.00195 e. The van der Waals surface area contributed by atoms with Crippen LogP contribution in [0.1, 0.15) is 5.56 Å². The van der Waals surface area contributed by atoms with E-state index in [9.17, 15) is 0 Å². The van der Waals surface area contributed by atoms with E-state index in [4.69, 9.17) is 0 Å². The minimum atomic E-state index is -0.994. The van der Waals surface area contributed by atoms with Gasteiger partial charge in [-0.1, -0.05) is 151 Å². The van der Waals surface area contributed by atoms with E-state index in [2.05, 4.69) is 208 Å². The highest BCUT2D eigenvalue weighted by Crippen LogP contribution is 2.51. The SMILES string of the molecule is Cc1ccc2c(-c3cc(-c4ccccc4)cc4ccccc34)c3cc(S(C)(C)C)ccc3c(-c3cccc(-c4cccc(-c5ccccc5)c4)c3)c2c1. The molecule has 0 saturated carbocycles. The van der Waals surface area contributed by atoms with Crippen LogP contribution in [0.25, 0.3) is 88.0 Å². The fraction of sp³-hybridized carbons (Fsp3) is 0.0769. The fourth-order valence-electron chi connectivity index (χ4n) is 7.98. The molecule has 256 valence electrons. The van der Waals surface area contributed by atoms with Crippen LogP contribution in [0.2, 0.25) is 0 Å². The number of hydrogen-bond acceptors (Lipinski definition) is 0. The van der Waals surface area contributed by atoms with Crippen molar-refractivity contribution in [1.82, 2.24) is 0 Å². The Balaban J connectivity index is 1.36. The minimum absolute atomic E-state index is 0.994. The van der Waals surface area contributed by atoms with Gasteiger partial charge in [-0.25, -0.2) is 10.0 Å². The Morgan fingerprint density at radius 2 is 0.849 bits per heavy atom. The Hall–Kier alpha value is -5.89. The molecule has 9 aromatic carbocycles. The van der Waals surface area contributed by atoms with Gasteiger partial charge in [-0.15, -0.1) is 0 Å². The van der Waals surface area contributed by atoms with E-state index in [0.29, 0.717) is 0 Å². The van der Waals surface area contributed by atoms with Crippen molar-refractivity contribution < 1.29 is 0 Å². The number of benzene rings is 9. The molecule has 1 heteroatoms. The Bertz CT molecular complexity index is 2800. The van der Waals surface area contributed by atoms with E-state index in [1.807, 2.05) is 0 Å². The lowest BCUT2D eigenvalue weighted by molar-refractivity contribution is 1.47. The summed E-state index contributed by atoms with van der Waals surface area (Å²) in [6, 6.07) is 67.6. The highest BCUT2D eigenvalue weighted by molar-refractivity contribution is 8.32. The van der Waals surface area contributed by atoms with Gasteiger partial charge in [-0.3, -0.25) is 0 Å². The average molecular weight is 699 g/mol. The van der Waals surface area contributed by atoms with Crippen molar-refractivity contribution >= 4 is 42.3 Å². The van der Waals surface area contributed by atoms with Gasteiger partial charge in [0.1, 0.15) is 0 Å². The molecule has 9 rings (SSSR count). The highest BCUT2D eigenvalue weighted by Gasteiger charge is 2.21. The molecule has 0 unspecified atom stereocenters. The van der Waals surface area contributed by atoms with Crippen molar-refractivity contribution in [2.45, 2.75) is 11.8 Å². The molecule has 0 heterocycles. The zero-order valence-electron chi connectivity index (χ0n) is 30.7. The van der Waals surface area contributed by atoms with Gasteiger partial charge in [0.05, 0.1) is 0 Å². The normalized spacial score (nSPS) is 12.1. The van der Waals surface area contributed by atoms with Crippen molar-refractivity contribution in [2.24, 2.45) is 0 Å². The third kappa shape index (κ3) is 6.12. The first kappa shape index (κ1) is 33.0. The predicted molar refractivity (Wildman–Crippen MR) is 235 cm³/mol. The van der Waals surface area contributed by atoms with Crippen LogP contribution in [0.4, 0.5) is 0 Å². The molecule has 9 aromatic rings. The van der Waals surface area contributed by atoms with Gasteiger partial charge in [-0.05, 0) is 155 Å². The average Bonchev–Trinajstić information content (AvgIpc) is 3.20. The summed E-state index contributed by atoms with van der Waals surface area (Å²) in [7, 11) is -0.994. The summed E-state index contributed by atoms with van der Waals surface area (Å²) in [5.41, 5.74) is 13.7. The molecule has 0 aliphatic heterocycles. The summed E-state index contributed by atoms with van der Waals surface area (Å²) >= 11 is 0. The van der Waals surface area contributed by atoms with E-state index in [1.165, 1.54) is 98.4 Å². The molecule has 0 fully saturated rings. The standard InChI is InChI=1S/C52H42S/c1-35-25-27-47-48(29-35)51(42-23-14-22-40(31-42)39-21-13-20-38(30-39)36-15-7-5-8-16-36)46-28-26-44(53(2,3)4)34-50(46)52(47)49-33-43(37-17-9-6-10-18-37)32-41-19-11-12-24-45(41)49/h5-34H,1-4H3. The monoisotopic (exact) mass is 698 g/mol. The number of aryl methyl sites for hydroxylation is 1. The maximum absolute atomic E-state index is 2.51. The first-order valence-electron chi connectivity index (χ1n) is 18.4. The van der Waals surface area contributed by atoms with Crippen LogP contribution in [0.3, 0.4) is 0 Å². The number of hydrogen-bond donors (Lipinski definition) is 0. The van der Waals surface area contributed by atoms with Gasteiger partial charge in [0.15, 0.2) is 0 Å². The van der Waals surface area contributed by atoms with Crippen molar-refractivity contribution in [3.8, 4) is 55.6 Å². The molecular formula is C52H42S. The molecule has 0 radical (unpaired) electrons. The molecular weight excluding hydrogens is 657 g/mol. The summed E-state index contributed by atoms with van der Waals surface area (Å²) in [4.78, 5) is 1.42. The third-order valence-corrected chi connectivity index (χ3v) is 12.3. The second-order valence-electron chi connectivity index (χ2n) is 15.0. The summed E-state index contributed by atoms with van der Waals surface area (Å²) in [6.45, 7) is 2.22. The summed E-state index contributed by atoms with van der Waals surface area (Å²) in [5.74, 6) is 0. The molecule has 0 aromatic heterocycles. The first-order valence-corrected chi connectivity index (χ1v) is 21.2. The quantitative estimate of drug-likeness (QED) is 0.152. The number of fused-ring (bicyclic) bond motifs is 3. The van der Waals surface area contributed by atoms with E-state index < -0.39 is 10.0 Å². The van der Waals surface area contributed by atoms with Gasteiger partial charge in [0, 0.05) is 0 Å². The fourth-order valence-corrected chi connectivity index (χ4v) is 8.93. The van der Waals surface area contributed by atoms with Gasteiger partial charge >= 0.3 is 0 Å². The van der Waals surface area contributed by atoms with Crippen LogP contribution < -0.4 is 0 Å². The molecule has 0 nitrogen and oxygen atoms in total. The Morgan fingerprint density at radius 3 is 1.55 bits per heavy atom. The zero-order valence-corrected chi connectivity index (χ0v) is 31.5.